The molecule has 0 aliphatic rings. The Hall–Kier alpha value is -1.37. The fourth-order valence-corrected chi connectivity index (χ4v) is 4.75. The van der Waals surface area contributed by atoms with E-state index in [1.165, 1.54) is 29.7 Å². The van der Waals surface area contributed by atoms with Gasteiger partial charge >= 0.3 is 0 Å². The highest BCUT2D eigenvalue weighted by Crippen LogP contribution is 2.23. The molecule has 0 spiro atoms. The Labute approximate surface area is 188 Å². The summed E-state index contributed by atoms with van der Waals surface area (Å²) in [6.07, 6.45) is 0. The van der Waals surface area contributed by atoms with Crippen molar-refractivity contribution in [1.82, 2.24) is 14.9 Å². The normalized spacial score (nSPS) is 11.8. The van der Waals surface area contributed by atoms with Crippen molar-refractivity contribution in [2.45, 2.75) is 24.2 Å². The van der Waals surface area contributed by atoms with E-state index in [-0.39, 0.29) is 24.0 Å². The second-order valence-corrected chi connectivity index (χ2v) is 9.38. The lowest BCUT2D eigenvalue weighted by molar-refractivity contribution is 0.336. The van der Waals surface area contributed by atoms with Crippen molar-refractivity contribution < 1.29 is 13.2 Å². The summed E-state index contributed by atoms with van der Waals surface area (Å²) in [5.41, 5.74) is 1.04. The van der Waals surface area contributed by atoms with Gasteiger partial charge < -0.3 is 15.4 Å². The lowest BCUT2D eigenvalue weighted by atomic mass is 10.2. The summed E-state index contributed by atoms with van der Waals surface area (Å²) >= 11 is 1.25. The maximum atomic E-state index is 12.2. The van der Waals surface area contributed by atoms with Gasteiger partial charge in [-0.15, -0.1) is 35.3 Å². The summed E-state index contributed by atoms with van der Waals surface area (Å²) < 4.78 is 31.5. The first-order chi connectivity index (χ1) is 12.9. The minimum Gasteiger partial charge on any atom is -0.494 e. The van der Waals surface area contributed by atoms with Crippen molar-refractivity contribution in [2.24, 2.45) is 4.99 Å². The average molecular weight is 538 g/mol. The maximum absolute atomic E-state index is 12.2. The van der Waals surface area contributed by atoms with Crippen molar-refractivity contribution in [3.8, 4) is 5.75 Å². The molecule has 0 bridgehead atoms. The zero-order valence-electron chi connectivity index (χ0n) is 16.4. The molecule has 0 atom stereocenters. The fourth-order valence-electron chi connectivity index (χ4n) is 2.29. The first-order valence-electron chi connectivity index (χ1n) is 8.55. The van der Waals surface area contributed by atoms with Crippen molar-refractivity contribution in [1.29, 1.82) is 0 Å². The Bertz CT molecular complexity index is 882. The molecule has 1 aromatic carbocycles. The van der Waals surface area contributed by atoms with E-state index < -0.39 is 10.0 Å². The molecule has 28 heavy (non-hydrogen) atoms. The molecule has 0 fully saturated rings. The van der Waals surface area contributed by atoms with Gasteiger partial charge in [-0.1, -0.05) is 18.2 Å². The number of aliphatic imine (C=N–C) groups is 1. The second-order valence-electron chi connectivity index (χ2n) is 5.83. The van der Waals surface area contributed by atoms with Crippen LogP contribution in [-0.4, -0.2) is 46.4 Å². The van der Waals surface area contributed by atoms with Crippen molar-refractivity contribution in [3.05, 3.63) is 46.8 Å². The molecule has 0 aliphatic carbocycles. The van der Waals surface area contributed by atoms with Crippen LogP contribution in [0.15, 0.2) is 45.6 Å². The van der Waals surface area contributed by atoms with Gasteiger partial charge in [0.15, 0.2) is 5.96 Å². The van der Waals surface area contributed by atoms with E-state index in [9.17, 15) is 8.42 Å². The average Bonchev–Trinajstić information content (AvgIpc) is 3.13. The van der Waals surface area contributed by atoms with E-state index in [0.717, 1.165) is 16.2 Å². The number of sulfonamides is 1. The Morgan fingerprint density at radius 2 is 1.82 bits per heavy atom. The maximum Gasteiger partial charge on any atom is 0.252 e. The molecular formula is C18H27IN4O3S2. The Balaban J connectivity index is 0.00000392. The zero-order valence-corrected chi connectivity index (χ0v) is 20.4. The number of rotatable bonds is 8. The number of guanidine groups is 1. The molecule has 0 amide bonds. The van der Waals surface area contributed by atoms with Crippen LogP contribution in [-0.2, 0) is 23.1 Å². The number of hydrogen-bond donors (Lipinski definition) is 2. The summed E-state index contributed by atoms with van der Waals surface area (Å²) in [5, 5.41) is 6.45. The summed E-state index contributed by atoms with van der Waals surface area (Å²) in [7, 11) is 1.36. The number of nitrogens with one attached hydrogen (secondary N) is 2. The Morgan fingerprint density at radius 3 is 2.46 bits per heavy atom. The topological polar surface area (TPSA) is 83.0 Å². The molecule has 1 heterocycles. The van der Waals surface area contributed by atoms with Crippen LogP contribution in [0.2, 0.25) is 0 Å². The first kappa shape index (κ1) is 24.7. The number of thiophene rings is 1. The highest BCUT2D eigenvalue weighted by molar-refractivity contribution is 14.0. The molecule has 0 aliphatic heterocycles. The van der Waals surface area contributed by atoms with Crippen LogP contribution in [0.3, 0.4) is 0 Å². The molecule has 2 aromatic rings. The monoisotopic (exact) mass is 538 g/mol. The van der Waals surface area contributed by atoms with Crippen LogP contribution in [0.25, 0.3) is 0 Å². The summed E-state index contributed by atoms with van der Waals surface area (Å²) in [5.74, 6) is 1.48. The molecule has 2 rings (SSSR count). The van der Waals surface area contributed by atoms with Gasteiger partial charge in [0.25, 0.3) is 10.0 Å². The van der Waals surface area contributed by atoms with Gasteiger partial charge in [0.05, 0.1) is 13.2 Å². The molecule has 0 unspecified atom stereocenters. The molecule has 0 radical (unpaired) electrons. The molecule has 1 aromatic heterocycles. The van der Waals surface area contributed by atoms with Crippen molar-refractivity contribution >= 4 is 51.3 Å². The summed E-state index contributed by atoms with van der Waals surface area (Å²) in [6, 6.07) is 11.3. The Kier molecular flexibility index (Phi) is 10.2. The third-order valence-corrected chi connectivity index (χ3v) is 7.11. The van der Waals surface area contributed by atoms with Gasteiger partial charge in [-0.2, -0.15) is 0 Å². The number of hydrogen-bond acceptors (Lipinski definition) is 5. The lowest BCUT2D eigenvalue weighted by Gasteiger charge is -2.14. The molecule has 10 heteroatoms. The largest absolute Gasteiger partial charge is 0.494 e. The van der Waals surface area contributed by atoms with Gasteiger partial charge in [-0.05, 0) is 25.1 Å². The summed E-state index contributed by atoms with van der Waals surface area (Å²) in [4.78, 5) is 5.12. The van der Waals surface area contributed by atoms with Crippen LogP contribution in [0.5, 0.6) is 5.75 Å². The SMILES string of the molecule is CCOc1ccccc1CNC(=NC)NCc1ccc(S(=O)(=O)N(C)C)s1.I. The number of halogens is 1. The van der Waals surface area contributed by atoms with E-state index >= 15 is 0 Å². The minimum absolute atomic E-state index is 0. The molecular weight excluding hydrogens is 511 g/mol. The number of benzene rings is 1. The van der Waals surface area contributed by atoms with Crippen LogP contribution < -0.4 is 15.4 Å². The lowest BCUT2D eigenvalue weighted by Crippen LogP contribution is -2.36. The number of para-hydroxylation sites is 1. The molecule has 7 nitrogen and oxygen atoms in total. The smallest absolute Gasteiger partial charge is 0.252 e. The van der Waals surface area contributed by atoms with Gasteiger partial charge in [-0.3, -0.25) is 4.99 Å². The van der Waals surface area contributed by atoms with Gasteiger partial charge in [-0.25, -0.2) is 12.7 Å². The highest BCUT2D eigenvalue weighted by Gasteiger charge is 2.19. The first-order valence-corrected chi connectivity index (χ1v) is 10.8. The predicted molar refractivity (Wildman–Crippen MR) is 125 cm³/mol. The quantitative estimate of drug-likeness (QED) is 0.307. The van der Waals surface area contributed by atoms with E-state index in [1.54, 1.807) is 13.1 Å². The van der Waals surface area contributed by atoms with E-state index in [0.29, 0.717) is 29.9 Å². The van der Waals surface area contributed by atoms with Crippen LogP contribution in [0.4, 0.5) is 0 Å². The molecule has 0 saturated carbocycles. The zero-order chi connectivity index (χ0) is 19.9. The van der Waals surface area contributed by atoms with Crippen LogP contribution in [0.1, 0.15) is 17.4 Å². The molecule has 156 valence electrons. The third-order valence-electron chi connectivity index (χ3n) is 3.74. The molecule has 2 N–H and O–H groups in total. The summed E-state index contributed by atoms with van der Waals surface area (Å²) in [6.45, 7) is 3.62. The van der Waals surface area contributed by atoms with Crippen molar-refractivity contribution in [3.63, 3.8) is 0 Å². The van der Waals surface area contributed by atoms with Crippen LogP contribution in [0, 0.1) is 0 Å². The fraction of sp³-hybridized carbons (Fsp3) is 0.389. The third kappa shape index (κ3) is 6.61. The van der Waals surface area contributed by atoms with E-state index in [2.05, 4.69) is 15.6 Å². The van der Waals surface area contributed by atoms with Crippen LogP contribution >= 0.6 is 35.3 Å². The predicted octanol–water partition coefficient (Wildman–Crippen LogP) is 2.88. The Morgan fingerprint density at radius 1 is 1.14 bits per heavy atom. The number of nitrogens with zero attached hydrogens (tertiary/aromatic N) is 2. The van der Waals surface area contributed by atoms with Crippen molar-refractivity contribution in [2.75, 3.05) is 27.7 Å². The van der Waals surface area contributed by atoms with E-state index in [4.69, 9.17) is 4.74 Å². The van der Waals surface area contributed by atoms with Gasteiger partial charge in [0.2, 0.25) is 0 Å². The standard InChI is InChI=1S/C18H26N4O3S2.HI/c1-5-25-16-9-7-6-8-14(16)12-20-18(19-2)21-13-15-10-11-17(26-15)27(23,24)22(3)4;/h6-11H,5,12-13H2,1-4H3,(H2,19,20,21);1H. The van der Waals surface area contributed by atoms with E-state index in [1.807, 2.05) is 37.3 Å². The van der Waals surface area contributed by atoms with Gasteiger partial charge in [0, 0.05) is 38.1 Å². The van der Waals surface area contributed by atoms with Gasteiger partial charge in [0.1, 0.15) is 9.96 Å². The molecule has 0 saturated heterocycles. The highest BCUT2D eigenvalue weighted by atomic mass is 127. The number of ether oxygens (including phenoxy) is 1. The minimum atomic E-state index is -3.39. The second kappa shape index (κ2) is 11.6.